The molecule has 1 aliphatic rings. The summed E-state index contributed by atoms with van der Waals surface area (Å²) in [6.45, 7) is 6.73. The molecule has 102 valence electrons. The van der Waals surface area contributed by atoms with Crippen molar-refractivity contribution in [2.24, 2.45) is 11.1 Å². The van der Waals surface area contributed by atoms with Crippen LogP contribution in [0.1, 0.15) is 25.8 Å². The molecule has 1 saturated heterocycles. The number of hydrogen-bond acceptors (Lipinski definition) is 4. The van der Waals surface area contributed by atoms with Crippen molar-refractivity contribution in [3.05, 3.63) is 30.2 Å². The summed E-state index contributed by atoms with van der Waals surface area (Å²) in [4.78, 5) is 4.17. The van der Waals surface area contributed by atoms with Gasteiger partial charge in [0.05, 0.1) is 13.2 Å². The van der Waals surface area contributed by atoms with E-state index in [0.29, 0.717) is 6.54 Å². The van der Waals surface area contributed by atoms with Gasteiger partial charge in [0, 0.05) is 5.41 Å². The first kappa shape index (κ1) is 12.6. The third-order valence-corrected chi connectivity index (χ3v) is 4.65. The Balaban J connectivity index is 2.05. The summed E-state index contributed by atoms with van der Waals surface area (Å²) < 4.78 is 11.0. The first-order valence-corrected chi connectivity index (χ1v) is 6.71. The van der Waals surface area contributed by atoms with Gasteiger partial charge in [0.2, 0.25) is 0 Å². The van der Waals surface area contributed by atoms with Crippen LogP contribution in [0.4, 0.5) is 0 Å². The molecule has 0 atom stereocenters. The van der Waals surface area contributed by atoms with Crippen LogP contribution in [-0.4, -0.2) is 24.7 Å². The highest BCUT2D eigenvalue weighted by molar-refractivity contribution is 5.73. The summed E-state index contributed by atoms with van der Waals surface area (Å²) >= 11 is 0. The van der Waals surface area contributed by atoms with Crippen molar-refractivity contribution in [1.29, 1.82) is 0 Å². The second-order valence-electron chi connectivity index (χ2n) is 6.03. The molecular formula is C15H20N2O2. The maximum absolute atomic E-state index is 5.77. The van der Waals surface area contributed by atoms with E-state index in [2.05, 4.69) is 31.0 Å². The summed E-state index contributed by atoms with van der Waals surface area (Å²) in [7, 11) is 0. The summed E-state index contributed by atoms with van der Waals surface area (Å²) in [5.41, 5.74) is 8.92. The van der Waals surface area contributed by atoms with Gasteiger partial charge in [-0.1, -0.05) is 19.9 Å². The number of rotatable bonds is 4. The van der Waals surface area contributed by atoms with Crippen molar-refractivity contribution in [1.82, 2.24) is 4.98 Å². The van der Waals surface area contributed by atoms with Crippen LogP contribution < -0.4 is 5.73 Å². The van der Waals surface area contributed by atoms with E-state index in [-0.39, 0.29) is 10.8 Å². The summed E-state index contributed by atoms with van der Waals surface area (Å²) in [6.07, 6.45) is 2.47. The zero-order valence-electron chi connectivity index (χ0n) is 11.5. The Bertz CT molecular complexity index is 585. The molecule has 2 aromatic rings. The SMILES string of the molecule is CC(C)(CCN)C1(c2ccc3ncoc3c2)COC1. The van der Waals surface area contributed by atoms with E-state index in [1.165, 1.54) is 12.0 Å². The van der Waals surface area contributed by atoms with E-state index < -0.39 is 0 Å². The van der Waals surface area contributed by atoms with Crippen LogP contribution >= 0.6 is 0 Å². The average molecular weight is 260 g/mol. The smallest absolute Gasteiger partial charge is 0.181 e. The van der Waals surface area contributed by atoms with Crippen LogP contribution in [-0.2, 0) is 10.2 Å². The van der Waals surface area contributed by atoms with Crippen LogP contribution in [0.3, 0.4) is 0 Å². The topological polar surface area (TPSA) is 61.3 Å². The number of aromatic nitrogens is 1. The van der Waals surface area contributed by atoms with Gasteiger partial charge in [-0.05, 0) is 36.1 Å². The molecule has 1 aliphatic heterocycles. The Morgan fingerprint density at radius 1 is 1.37 bits per heavy atom. The molecule has 1 fully saturated rings. The minimum atomic E-state index is 0.0351. The molecule has 0 aliphatic carbocycles. The predicted octanol–water partition coefficient (Wildman–Crippen LogP) is 2.47. The van der Waals surface area contributed by atoms with Gasteiger partial charge in [-0.25, -0.2) is 4.98 Å². The highest BCUT2D eigenvalue weighted by Gasteiger charge is 2.51. The lowest BCUT2D eigenvalue weighted by Gasteiger charge is -2.53. The van der Waals surface area contributed by atoms with Gasteiger partial charge in [-0.3, -0.25) is 0 Å². The minimum absolute atomic E-state index is 0.0351. The molecule has 0 saturated carbocycles. The molecule has 0 amide bonds. The van der Waals surface area contributed by atoms with Crippen molar-refractivity contribution in [3.63, 3.8) is 0 Å². The van der Waals surface area contributed by atoms with Gasteiger partial charge in [0.1, 0.15) is 5.52 Å². The average Bonchev–Trinajstić information content (AvgIpc) is 2.73. The van der Waals surface area contributed by atoms with E-state index in [0.717, 1.165) is 30.7 Å². The van der Waals surface area contributed by atoms with Gasteiger partial charge in [-0.2, -0.15) is 0 Å². The largest absolute Gasteiger partial charge is 0.443 e. The molecule has 0 unspecified atom stereocenters. The molecule has 0 bridgehead atoms. The molecule has 2 heterocycles. The number of nitrogens with two attached hydrogens (primary N) is 1. The van der Waals surface area contributed by atoms with E-state index in [1.54, 1.807) is 0 Å². The Morgan fingerprint density at radius 2 is 2.16 bits per heavy atom. The third kappa shape index (κ3) is 1.78. The van der Waals surface area contributed by atoms with E-state index in [1.807, 2.05) is 6.07 Å². The van der Waals surface area contributed by atoms with Crippen LogP contribution in [0, 0.1) is 5.41 Å². The molecule has 1 aromatic heterocycles. The van der Waals surface area contributed by atoms with Crippen LogP contribution in [0.25, 0.3) is 11.1 Å². The first-order chi connectivity index (χ1) is 9.09. The van der Waals surface area contributed by atoms with E-state index in [4.69, 9.17) is 14.9 Å². The second-order valence-corrected chi connectivity index (χ2v) is 6.03. The monoisotopic (exact) mass is 260 g/mol. The van der Waals surface area contributed by atoms with Crippen molar-refractivity contribution in [3.8, 4) is 0 Å². The van der Waals surface area contributed by atoms with Gasteiger partial charge in [0.15, 0.2) is 12.0 Å². The van der Waals surface area contributed by atoms with Crippen LogP contribution in [0.5, 0.6) is 0 Å². The summed E-state index contributed by atoms with van der Waals surface area (Å²) in [6, 6.07) is 6.27. The van der Waals surface area contributed by atoms with E-state index >= 15 is 0 Å². The molecule has 0 radical (unpaired) electrons. The Morgan fingerprint density at radius 3 is 2.79 bits per heavy atom. The van der Waals surface area contributed by atoms with Crippen LogP contribution in [0.2, 0.25) is 0 Å². The zero-order chi connectivity index (χ0) is 13.5. The van der Waals surface area contributed by atoms with Crippen molar-refractivity contribution in [2.45, 2.75) is 25.7 Å². The first-order valence-electron chi connectivity index (χ1n) is 6.71. The number of nitrogens with zero attached hydrogens (tertiary/aromatic N) is 1. The van der Waals surface area contributed by atoms with Crippen molar-refractivity contribution >= 4 is 11.1 Å². The van der Waals surface area contributed by atoms with Gasteiger partial charge in [-0.15, -0.1) is 0 Å². The number of ether oxygens (including phenoxy) is 1. The Kier molecular flexibility index (Phi) is 2.87. The normalized spacial score (nSPS) is 18.5. The fourth-order valence-electron chi connectivity index (χ4n) is 3.01. The Hall–Kier alpha value is -1.39. The lowest BCUT2D eigenvalue weighted by Crippen LogP contribution is -2.57. The predicted molar refractivity (Wildman–Crippen MR) is 74.0 cm³/mol. The Labute approximate surface area is 112 Å². The minimum Gasteiger partial charge on any atom is -0.443 e. The third-order valence-electron chi connectivity index (χ3n) is 4.65. The number of oxazole rings is 1. The molecule has 2 N–H and O–H groups in total. The molecule has 3 rings (SSSR count). The number of benzene rings is 1. The fraction of sp³-hybridized carbons (Fsp3) is 0.533. The molecule has 4 nitrogen and oxygen atoms in total. The molecule has 1 aromatic carbocycles. The lowest BCUT2D eigenvalue weighted by molar-refractivity contribution is -0.121. The number of fused-ring (bicyclic) bond motifs is 1. The molecule has 4 heteroatoms. The summed E-state index contributed by atoms with van der Waals surface area (Å²) in [5, 5.41) is 0. The zero-order valence-corrected chi connectivity index (χ0v) is 11.5. The standard InChI is InChI=1S/C15H20N2O2/c1-14(2,5-6-16)15(8-18-9-15)11-3-4-12-13(7-11)19-10-17-12/h3-4,7,10H,5-6,8-9,16H2,1-2H3. The second kappa shape index (κ2) is 4.32. The maximum atomic E-state index is 5.77. The van der Waals surface area contributed by atoms with E-state index in [9.17, 15) is 0 Å². The fourth-order valence-corrected chi connectivity index (χ4v) is 3.01. The summed E-state index contributed by atoms with van der Waals surface area (Å²) in [5.74, 6) is 0. The van der Waals surface area contributed by atoms with Crippen LogP contribution in [0.15, 0.2) is 29.0 Å². The highest BCUT2D eigenvalue weighted by Crippen LogP contribution is 2.49. The van der Waals surface area contributed by atoms with Gasteiger partial charge >= 0.3 is 0 Å². The molecule has 19 heavy (non-hydrogen) atoms. The molecule has 0 spiro atoms. The van der Waals surface area contributed by atoms with Gasteiger partial charge in [0.25, 0.3) is 0 Å². The van der Waals surface area contributed by atoms with Crippen molar-refractivity contribution < 1.29 is 9.15 Å². The quantitative estimate of drug-likeness (QED) is 0.917. The van der Waals surface area contributed by atoms with Gasteiger partial charge < -0.3 is 14.9 Å². The van der Waals surface area contributed by atoms with Crippen molar-refractivity contribution in [2.75, 3.05) is 19.8 Å². The lowest BCUT2D eigenvalue weighted by atomic mass is 9.59. The number of hydrogen-bond donors (Lipinski definition) is 1. The molecular weight excluding hydrogens is 240 g/mol. The highest BCUT2D eigenvalue weighted by atomic mass is 16.5. The maximum Gasteiger partial charge on any atom is 0.181 e.